The average molecular weight is 474 g/mol. The first-order valence-electron chi connectivity index (χ1n) is 9.94. The number of fused-ring (bicyclic) bond motifs is 1. The van der Waals surface area contributed by atoms with Crippen LogP contribution in [0.2, 0.25) is 10.0 Å². The summed E-state index contributed by atoms with van der Waals surface area (Å²) in [6.45, 7) is 2.02. The number of amides is 1. The zero-order valence-corrected chi connectivity index (χ0v) is 18.6. The molecule has 1 aromatic heterocycles. The summed E-state index contributed by atoms with van der Waals surface area (Å²) in [5, 5.41) is 3.60. The van der Waals surface area contributed by atoms with Crippen LogP contribution in [-0.4, -0.2) is 15.5 Å². The van der Waals surface area contributed by atoms with E-state index in [0.717, 1.165) is 11.1 Å². The number of nitrogens with one attached hydrogen (secondary N) is 1. The van der Waals surface area contributed by atoms with Crippen LogP contribution in [0, 0.1) is 11.6 Å². The van der Waals surface area contributed by atoms with Crippen molar-refractivity contribution in [1.82, 2.24) is 14.9 Å². The summed E-state index contributed by atoms with van der Waals surface area (Å²) in [5.41, 5.74) is 2.90. The van der Waals surface area contributed by atoms with Crippen LogP contribution < -0.4 is 5.32 Å². The number of halogens is 4. The van der Waals surface area contributed by atoms with Gasteiger partial charge in [0.05, 0.1) is 21.1 Å². The van der Waals surface area contributed by atoms with Gasteiger partial charge < -0.3 is 9.88 Å². The molecule has 0 aliphatic heterocycles. The lowest BCUT2D eigenvalue weighted by Crippen LogP contribution is -2.31. The fourth-order valence-electron chi connectivity index (χ4n) is 3.54. The van der Waals surface area contributed by atoms with Crippen LogP contribution in [0.3, 0.4) is 0 Å². The van der Waals surface area contributed by atoms with Crippen molar-refractivity contribution in [2.45, 2.75) is 25.9 Å². The van der Waals surface area contributed by atoms with Gasteiger partial charge in [0.1, 0.15) is 23.5 Å². The molecule has 1 heterocycles. The van der Waals surface area contributed by atoms with E-state index in [9.17, 15) is 13.6 Å². The first-order valence-corrected chi connectivity index (χ1v) is 10.7. The highest BCUT2D eigenvalue weighted by Crippen LogP contribution is 2.31. The number of nitrogens with zero attached hydrogens (tertiary/aromatic N) is 2. The molecule has 4 nitrogen and oxygen atoms in total. The topological polar surface area (TPSA) is 46.9 Å². The molecule has 0 radical (unpaired) electrons. The van der Waals surface area contributed by atoms with Crippen molar-refractivity contribution >= 4 is 40.1 Å². The molecule has 0 aliphatic rings. The third-order valence-corrected chi connectivity index (χ3v) is 5.95. The molecular formula is C24H19Cl2F2N3O. The Morgan fingerprint density at radius 1 is 0.969 bits per heavy atom. The second kappa shape index (κ2) is 9.27. The lowest BCUT2D eigenvalue weighted by atomic mass is 10.1. The van der Waals surface area contributed by atoms with Crippen LogP contribution in [0.4, 0.5) is 8.78 Å². The van der Waals surface area contributed by atoms with E-state index in [4.69, 9.17) is 23.2 Å². The van der Waals surface area contributed by atoms with E-state index < -0.39 is 6.04 Å². The molecule has 0 unspecified atom stereocenters. The summed E-state index contributed by atoms with van der Waals surface area (Å²) < 4.78 is 28.2. The average Bonchev–Trinajstić information content (AvgIpc) is 3.11. The van der Waals surface area contributed by atoms with E-state index in [2.05, 4.69) is 10.3 Å². The zero-order valence-electron chi connectivity index (χ0n) is 17.1. The molecule has 3 aromatic carbocycles. The summed E-state index contributed by atoms with van der Waals surface area (Å²) in [6.07, 6.45) is 0.389. The smallest absolute Gasteiger partial charge is 0.243 e. The molecule has 4 rings (SSSR count). The van der Waals surface area contributed by atoms with Crippen LogP contribution in [0.25, 0.3) is 11.0 Å². The standard InChI is InChI=1S/C24H19Cl2F2N3O/c1-14(24(32)29-13-16-4-8-18(28)9-5-16)31-22-12-20(26)19(25)11-21(22)30-23(31)10-15-2-6-17(27)7-3-15/h2-9,11-12,14H,10,13H2,1H3,(H,29,32)/t14-/m0/s1. The van der Waals surface area contributed by atoms with Crippen molar-refractivity contribution in [3.63, 3.8) is 0 Å². The molecule has 0 fully saturated rings. The molecule has 0 aliphatic carbocycles. The Bertz CT molecular complexity index is 1270. The second-order valence-electron chi connectivity index (χ2n) is 7.48. The number of imidazole rings is 1. The minimum Gasteiger partial charge on any atom is -0.350 e. The highest BCUT2D eigenvalue weighted by Gasteiger charge is 2.22. The molecule has 164 valence electrons. The maximum atomic E-state index is 13.3. The SMILES string of the molecule is C[C@@H](C(=O)NCc1ccc(F)cc1)n1c(Cc2ccc(F)cc2)nc2cc(Cl)c(Cl)cc21. The lowest BCUT2D eigenvalue weighted by molar-refractivity contribution is -0.124. The van der Waals surface area contributed by atoms with E-state index in [-0.39, 0.29) is 24.1 Å². The van der Waals surface area contributed by atoms with Crippen molar-refractivity contribution in [1.29, 1.82) is 0 Å². The Morgan fingerprint density at radius 2 is 1.53 bits per heavy atom. The summed E-state index contributed by atoms with van der Waals surface area (Å²) in [4.78, 5) is 17.7. The highest BCUT2D eigenvalue weighted by atomic mass is 35.5. The minimum atomic E-state index is -0.617. The van der Waals surface area contributed by atoms with Crippen molar-refractivity contribution in [3.8, 4) is 0 Å². The molecule has 1 atom stereocenters. The highest BCUT2D eigenvalue weighted by molar-refractivity contribution is 6.42. The quantitative estimate of drug-likeness (QED) is 0.368. The number of carbonyl (C=O) groups is 1. The van der Waals surface area contributed by atoms with E-state index >= 15 is 0 Å². The molecule has 32 heavy (non-hydrogen) atoms. The van der Waals surface area contributed by atoms with Crippen molar-refractivity contribution in [2.75, 3.05) is 0 Å². The molecule has 4 aromatic rings. The summed E-state index contributed by atoms with van der Waals surface area (Å²) in [7, 11) is 0. The van der Waals surface area contributed by atoms with Crippen LogP contribution >= 0.6 is 23.2 Å². The summed E-state index contributed by atoms with van der Waals surface area (Å²) in [6, 6.07) is 14.8. The van der Waals surface area contributed by atoms with Crippen LogP contribution in [-0.2, 0) is 17.8 Å². The first kappa shape index (κ1) is 22.2. The Hall–Kier alpha value is -2.96. The maximum absolute atomic E-state index is 13.3. The predicted octanol–water partition coefficient (Wildman–Crippen LogP) is 6.09. The largest absolute Gasteiger partial charge is 0.350 e. The van der Waals surface area contributed by atoms with Gasteiger partial charge in [0.2, 0.25) is 5.91 Å². The molecule has 0 saturated carbocycles. The monoisotopic (exact) mass is 473 g/mol. The van der Waals surface area contributed by atoms with Gasteiger partial charge in [-0.15, -0.1) is 0 Å². The Morgan fingerprint density at radius 3 is 2.16 bits per heavy atom. The van der Waals surface area contributed by atoms with E-state index in [1.807, 2.05) is 0 Å². The molecule has 0 bridgehead atoms. The van der Waals surface area contributed by atoms with Gasteiger partial charge in [-0.3, -0.25) is 4.79 Å². The van der Waals surface area contributed by atoms with E-state index in [1.165, 1.54) is 24.3 Å². The first-order chi connectivity index (χ1) is 15.3. The fraction of sp³-hybridized carbons (Fsp3) is 0.167. The van der Waals surface area contributed by atoms with Crippen LogP contribution in [0.5, 0.6) is 0 Å². The number of hydrogen-bond acceptors (Lipinski definition) is 2. The summed E-state index contributed by atoms with van der Waals surface area (Å²) in [5.74, 6) is -0.275. The maximum Gasteiger partial charge on any atom is 0.243 e. The second-order valence-corrected chi connectivity index (χ2v) is 8.29. The van der Waals surface area contributed by atoms with Gasteiger partial charge in [0, 0.05) is 13.0 Å². The van der Waals surface area contributed by atoms with E-state index in [1.54, 1.807) is 47.9 Å². The number of hydrogen-bond donors (Lipinski definition) is 1. The molecule has 1 N–H and O–H groups in total. The lowest BCUT2D eigenvalue weighted by Gasteiger charge is -2.18. The summed E-state index contributed by atoms with van der Waals surface area (Å²) >= 11 is 12.4. The number of carbonyl (C=O) groups excluding carboxylic acids is 1. The predicted molar refractivity (Wildman–Crippen MR) is 122 cm³/mol. The minimum absolute atomic E-state index is 0.236. The van der Waals surface area contributed by atoms with Gasteiger partial charge in [-0.05, 0) is 54.4 Å². The Kier molecular flexibility index (Phi) is 6.44. The van der Waals surface area contributed by atoms with Gasteiger partial charge in [0.15, 0.2) is 0 Å². The van der Waals surface area contributed by atoms with Crippen LogP contribution in [0.15, 0.2) is 60.7 Å². The molecule has 0 spiro atoms. The van der Waals surface area contributed by atoms with Gasteiger partial charge in [0.25, 0.3) is 0 Å². The van der Waals surface area contributed by atoms with Crippen molar-refractivity contribution in [2.24, 2.45) is 0 Å². The number of benzene rings is 3. The van der Waals surface area contributed by atoms with E-state index in [0.29, 0.717) is 33.3 Å². The Balaban J connectivity index is 1.66. The van der Waals surface area contributed by atoms with Crippen molar-refractivity contribution in [3.05, 3.63) is 99.3 Å². The third kappa shape index (κ3) is 4.76. The van der Waals surface area contributed by atoms with Crippen molar-refractivity contribution < 1.29 is 13.6 Å². The zero-order chi connectivity index (χ0) is 22.8. The Labute approximate surface area is 193 Å². The van der Waals surface area contributed by atoms with Crippen LogP contribution in [0.1, 0.15) is 29.9 Å². The molecule has 0 saturated heterocycles. The number of aromatic nitrogens is 2. The molecule has 1 amide bonds. The number of rotatable bonds is 6. The van der Waals surface area contributed by atoms with Gasteiger partial charge in [-0.2, -0.15) is 0 Å². The van der Waals surface area contributed by atoms with Gasteiger partial charge >= 0.3 is 0 Å². The van der Waals surface area contributed by atoms with Gasteiger partial charge in [-0.1, -0.05) is 47.5 Å². The third-order valence-electron chi connectivity index (χ3n) is 5.23. The van der Waals surface area contributed by atoms with Gasteiger partial charge in [-0.25, -0.2) is 13.8 Å². The molecular weight excluding hydrogens is 455 g/mol. The molecule has 8 heteroatoms. The normalized spacial score (nSPS) is 12.2. The fourth-order valence-corrected chi connectivity index (χ4v) is 3.85.